The number of benzene rings is 2. The normalized spacial score (nSPS) is 10.4. The van der Waals surface area contributed by atoms with E-state index < -0.39 is 5.97 Å². The number of ether oxygens (including phenoxy) is 1. The Bertz CT molecular complexity index is 970. The van der Waals surface area contributed by atoms with Crippen LogP contribution in [0.5, 0.6) is 0 Å². The van der Waals surface area contributed by atoms with Gasteiger partial charge in [-0.3, -0.25) is 4.79 Å². The van der Waals surface area contributed by atoms with Crippen LogP contribution in [-0.2, 0) is 11.2 Å². The average molecular weight is 375 g/mol. The number of carbonyl (C=O) groups excluding carboxylic acids is 2. The minimum atomic E-state index is -0.390. The van der Waals surface area contributed by atoms with E-state index in [1.807, 2.05) is 30.3 Å². The quantitative estimate of drug-likeness (QED) is 0.663. The monoisotopic (exact) mass is 375 g/mol. The van der Waals surface area contributed by atoms with Crippen LogP contribution >= 0.6 is 0 Å². The fourth-order valence-corrected chi connectivity index (χ4v) is 2.70. The van der Waals surface area contributed by atoms with E-state index in [4.69, 9.17) is 4.74 Å². The predicted molar refractivity (Wildman–Crippen MR) is 106 cm³/mol. The van der Waals surface area contributed by atoms with Gasteiger partial charge < -0.3 is 10.1 Å². The summed E-state index contributed by atoms with van der Waals surface area (Å²) >= 11 is 0. The Kier molecular flexibility index (Phi) is 6.11. The van der Waals surface area contributed by atoms with Gasteiger partial charge in [0, 0.05) is 18.3 Å². The Morgan fingerprint density at radius 2 is 1.75 bits per heavy atom. The second kappa shape index (κ2) is 8.90. The van der Waals surface area contributed by atoms with Crippen molar-refractivity contribution in [2.24, 2.45) is 0 Å². The maximum Gasteiger partial charge on any atom is 0.338 e. The molecular formula is C22H21N3O3. The third-order valence-electron chi connectivity index (χ3n) is 4.13. The highest BCUT2D eigenvalue weighted by molar-refractivity contribution is 6.05. The summed E-state index contributed by atoms with van der Waals surface area (Å²) in [4.78, 5) is 33.0. The van der Waals surface area contributed by atoms with Crippen molar-refractivity contribution in [2.75, 3.05) is 11.9 Å². The van der Waals surface area contributed by atoms with E-state index in [1.165, 1.54) is 0 Å². The first-order valence-corrected chi connectivity index (χ1v) is 9.02. The molecule has 0 aliphatic rings. The number of aromatic nitrogens is 2. The minimum Gasteiger partial charge on any atom is -0.462 e. The molecule has 1 heterocycles. The Hall–Kier alpha value is -3.54. The largest absolute Gasteiger partial charge is 0.462 e. The lowest BCUT2D eigenvalue weighted by Crippen LogP contribution is -2.16. The van der Waals surface area contributed by atoms with Crippen molar-refractivity contribution in [1.29, 1.82) is 0 Å². The Morgan fingerprint density at radius 3 is 2.39 bits per heavy atom. The van der Waals surface area contributed by atoms with E-state index >= 15 is 0 Å². The number of esters is 1. The standard InChI is InChI=1S/C22H21N3O3/c1-3-28-22(27)17-9-11-18(12-10-17)25-21(26)19-14-23-20(24-15(19)2)13-16-7-5-4-6-8-16/h4-12,14H,3,13H2,1-2H3,(H,25,26). The molecule has 1 aromatic heterocycles. The highest BCUT2D eigenvalue weighted by Gasteiger charge is 2.13. The molecule has 0 fully saturated rings. The first-order valence-electron chi connectivity index (χ1n) is 9.02. The van der Waals surface area contributed by atoms with Crippen molar-refractivity contribution in [2.45, 2.75) is 20.3 Å². The van der Waals surface area contributed by atoms with Crippen molar-refractivity contribution < 1.29 is 14.3 Å². The number of anilines is 1. The molecule has 3 aromatic rings. The van der Waals surface area contributed by atoms with E-state index in [0.29, 0.717) is 41.4 Å². The van der Waals surface area contributed by atoms with Gasteiger partial charge in [0.2, 0.25) is 0 Å². The average Bonchev–Trinajstić information content (AvgIpc) is 2.69. The molecular weight excluding hydrogens is 354 g/mol. The van der Waals surface area contributed by atoms with Crippen LogP contribution in [0.1, 0.15) is 44.7 Å². The first-order chi connectivity index (χ1) is 13.6. The molecule has 0 unspecified atom stereocenters. The van der Waals surface area contributed by atoms with Crippen LogP contribution in [0.4, 0.5) is 5.69 Å². The van der Waals surface area contributed by atoms with Gasteiger partial charge in [-0.2, -0.15) is 0 Å². The van der Waals surface area contributed by atoms with E-state index in [-0.39, 0.29) is 5.91 Å². The van der Waals surface area contributed by atoms with Crippen LogP contribution in [-0.4, -0.2) is 28.5 Å². The molecule has 6 heteroatoms. The lowest BCUT2D eigenvalue weighted by molar-refractivity contribution is 0.0526. The van der Waals surface area contributed by atoms with Gasteiger partial charge in [0.05, 0.1) is 23.4 Å². The smallest absolute Gasteiger partial charge is 0.338 e. The summed E-state index contributed by atoms with van der Waals surface area (Å²) < 4.78 is 4.94. The molecule has 0 radical (unpaired) electrons. The van der Waals surface area contributed by atoms with Crippen molar-refractivity contribution in [3.63, 3.8) is 0 Å². The topological polar surface area (TPSA) is 81.2 Å². The molecule has 6 nitrogen and oxygen atoms in total. The molecule has 0 bridgehead atoms. The lowest BCUT2D eigenvalue weighted by Gasteiger charge is -2.09. The van der Waals surface area contributed by atoms with Crippen LogP contribution in [0.3, 0.4) is 0 Å². The number of nitrogens with one attached hydrogen (secondary N) is 1. The Labute approximate surface area is 163 Å². The zero-order valence-corrected chi connectivity index (χ0v) is 15.8. The fourth-order valence-electron chi connectivity index (χ4n) is 2.70. The van der Waals surface area contributed by atoms with Gasteiger partial charge in [-0.15, -0.1) is 0 Å². The van der Waals surface area contributed by atoms with E-state index in [2.05, 4.69) is 15.3 Å². The number of nitrogens with zero attached hydrogens (tertiary/aromatic N) is 2. The van der Waals surface area contributed by atoms with Crippen LogP contribution < -0.4 is 5.32 Å². The number of rotatable bonds is 6. The van der Waals surface area contributed by atoms with Crippen molar-refractivity contribution in [3.8, 4) is 0 Å². The molecule has 0 aliphatic carbocycles. The maximum absolute atomic E-state index is 12.5. The zero-order chi connectivity index (χ0) is 19.9. The van der Waals surface area contributed by atoms with Gasteiger partial charge >= 0.3 is 5.97 Å². The van der Waals surface area contributed by atoms with Crippen molar-refractivity contribution >= 4 is 17.6 Å². The van der Waals surface area contributed by atoms with Crippen LogP contribution in [0.25, 0.3) is 0 Å². The van der Waals surface area contributed by atoms with Gasteiger partial charge in [-0.05, 0) is 43.7 Å². The summed E-state index contributed by atoms with van der Waals surface area (Å²) in [6.07, 6.45) is 2.15. The molecule has 0 spiro atoms. The number of amides is 1. The Morgan fingerprint density at radius 1 is 1.04 bits per heavy atom. The predicted octanol–water partition coefficient (Wildman–Crippen LogP) is 3.80. The molecule has 0 atom stereocenters. The SMILES string of the molecule is CCOC(=O)c1ccc(NC(=O)c2cnc(Cc3ccccc3)nc2C)cc1. The summed E-state index contributed by atoms with van der Waals surface area (Å²) in [5.74, 6) is -0.0229. The van der Waals surface area contributed by atoms with Crippen LogP contribution in [0.2, 0.25) is 0 Å². The van der Waals surface area contributed by atoms with Gasteiger partial charge in [0.1, 0.15) is 5.82 Å². The van der Waals surface area contributed by atoms with Crippen molar-refractivity contribution in [1.82, 2.24) is 9.97 Å². The van der Waals surface area contributed by atoms with Gasteiger partial charge in [0.25, 0.3) is 5.91 Å². The number of aryl methyl sites for hydroxylation is 1. The molecule has 0 saturated carbocycles. The molecule has 142 valence electrons. The third kappa shape index (κ3) is 4.79. The summed E-state index contributed by atoms with van der Waals surface area (Å²) in [5.41, 5.74) is 3.14. The van der Waals surface area contributed by atoms with E-state index in [1.54, 1.807) is 44.3 Å². The van der Waals surface area contributed by atoms with Gasteiger partial charge in [-0.1, -0.05) is 30.3 Å². The highest BCUT2D eigenvalue weighted by atomic mass is 16.5. The molecule has 2 aromatic carbocycles. The summed E-state index contributed by atoms with van der Waals surface area (Å²) in [7, 11) is 0. The number of carbonyl (C=O) groups is 2. The number of hydrogen-bond donors (Lipinski definition) is 1. The fraction of sp³-hybridized carbons (Fsp3) is 0.182. The first kappa shape index (κ1) is 19.2. The third-order valence-corrected chi connectivity index (χ3v) is 4.13. The summed E-state index contributed by atoms with van der Waals surface area (Å²) in [6.45, 7) is 3.85. The van der Waals surface area contributed by atoms with Crippen molar-refractivity contribution in [3.05, 3.63) is 89.0 Å². The number of hydrogen-bond acceptors (Lipinski definition) is 5. The molecule has 28 heavy (non-hydrogen) atoms. The van der Waals surface area contributed by atoms with Crippen LogP contribution in [0.15, 0.2) is 60.8 Å². The summed E-state index contributed by atoms with van der Waals surface area (Å²) in [5, 5.41) is 2.80. The Balaban J connectivity index is 1.68. The summed E-state index contributed by atoms with van der Waals surface area (Å²) in [6, 6.07) is 16.5. The molecule has 0 saturated heterocycles. The zero-order valence-electron chi connectivity index (χ0n) is 15.8. The van der Waals surface area contributed by atoms with E-state index in [0.717, 1.165) is 5.56 Å². The van der Waals surface area contributed by atoms with Gasteiger partial charge in [-0.25, -0.2) is 14.8 Å². The maximum atomic E-state index is 12.5. The molecule has 1 amide bonds. The highest BCUT2D eigenvalue weighted by Crippen LogP contribution is 2.14. The van der Waals surface area contributed by atoms with E-state index in [9.17, 15) is 9.59 Å². The minimum absolute atomic E-state index is 0.298. The second-order valence-electron chi connectivity index (χ2n) is 6.20. The molecule has 3 rings (SSSR count). The van der Waals surface area contributed by atoms with Crippen LogP contribution in [0, 0.1) is 6.92 Å². The van der Waals surface area contributed by atoms with Gasteiger partial charge in [0.15, 0.2) is 0 Å². The second-order valence-corrected chi connectivity index (χ2v) is 6.20. The molecule has 0 aliphatic heterocycles. The lowest BCUT2D eigenvalue weighted by atomic mass is 10.1. The molecule has 1 N–H and O–H groups in total.